The molecule has 1 rings (SSSR count). The van der Waals surface area contributed by atoms with Crippen molar-refractivity contribution in [2.75, 3.05) is 11.9 Å². The molecule has 0 saturated heterocycles. The van der Waals surface area contributed by atoms with Gasteiger partial charge in [-0.05, 0) is 6.92 Å². The van der Waals surface area contributed by atoms with Gasteiger partial charge in [0.05, 0.1) is 0 Å². The van der Waals surface area contributed by atoms with Crippen molar-refractivity contribution >= 4 is 34.0 Å². The van der Waals surface area contributed by atoms with E-state index in [9.17, 15) is 4.79 Å². The van der Waals surface area contributed by atoms with Crippen molar-refractivity contribution < 1.29 is 4.79 Å². The fourth-order valence-corrected chi connectivity index (χ4v) is 1.50. The van der Waals surface area contributed by atoms with Gasteiger partial charge < -0.3 is 0 Å². The molecule has 1 aromatic rings. The van der Waals surface area contributed by atoms with E-state index in [2.05, 4.69) is 4.98 Å². The summed E-state index contributed by atoms with van der Waals surface area (Å²) in [6.45, 7) is 1.65. The highest BCUT2D eigenvalue weighted by atomic mass is 35.5. The van der Waals surface area contributed by atoms with Gasteiger partial charge in [0.25, 0.3) is 0 Å². The Morgan fingerprint density at radius 1 is 1.83 bits per heavy atom. The third kappa shape index (κ3) is 1.95. The summed E-state index contributed by atoms with van der Waals surface area (Å²) < 4.78 is 0. The van der Waals surface area contributed by atoms with Crippen LogP contribution in [0.2, 0.25) is 0 Å². The van der Waals surface area contributed by atoms with Gasteiger partial charge in [0.15, 0.2) is 5.13 Å². The van der Waals surface area contributed by atoms with Crippen LogP contribution in [-0.4, -0.2) is 23.3 Å². The Morgan fingerprint density at radius 3 is 2.92 bits per heavy atom. The highest BCUT2D eigenvalue weighted by molar-refractivity contribution is 7.13. The predicted octanol–water partition coefficient (Wildman–Crippen LogP) is 1.73. The first-order valence-corrected chi connectivity index (χ1v) is 4.75. The van der Waals surface area contributed by atoms with Crippen molar-refractivity contribution in [3.63, 3.8) is 0 Å². The number of aromatic nitrogens is 1. The number of nitrogens with zero attached hydrogens (tertiary/aromatic N) is 2. The first-order valence-electron chi connectivity index (χ1n) is 3.44. The van der Waals surface area contributed by atoms with Gasteiger partial charge in [-0.25, -0.2) is 4.98 Å². The van der Waals surface area contributed by atoms with E-state index in [4.69, 9.17) is 11.6 Å². The second-order valence-electron chi connectivity index (χ2n) is 2.33. The Hall–Kier alpha value is -0.610. The summed E-state index contributed by atoms with van der Waals surface area (Å²) in [6, 6.07) is 0. The second-order valence-corrected chi connectivity index (χ2v) is 3.86. The fourth-order valence-electron chi connectivity index (χ4n) is 0.743. The second kappa shape index (κ2) is 3.87. The summed E-state index contributed by atoms with van der Waals surface area (Å²) in [5.74, 6) is -0.133. The molecule has 0 aromatic carbocycles. The zero-order valence-corrected chi connectivity index (χ0v) is 8.39. The number of hydrogen-bond donors (Lipinski definition) is 0. The molecule has 0 aliphatic rings. The third-order valence-corrected chi connectivity index (χ3v) is 2.41. The number of thiazole rings is 1. The van der Waals surface area contributed by atoms with Gasteiger partial charge in [0.2, 0.25) is 5.91 Å². The van der Waals surface area contributed by atoms with E-state index in [0.29, 0.717) is 5.13 Å². The molecule has 0 saturated carbocycles. The van der Waals surface area contributed by atoms with Crippen LogP contribution in [0.5, 0.6) is 0 Å². The molecule has 5 heteroatoms. The maximum Gasteiger partial charge on any atom is 0.246 e. The summed E-state index contributed by atoms with van der Waals surface area (Å²) in [4.78, 5) is 16.7. The van der Waals surface area contributed by atoms with E-state index in [1.165, 1.54) is 16.2 Å². The number of hydrogen-bond acceptors (Lipinski definition) is 3. The minimum absolute atomic E-state index is 0.133. The summed E-state index contributed by atoms with van der Waals surface area (Å²) in [5, 5.41) is 1.99. The highest BCUT2D eigenvalue weighted by Crippen LogP contribution is 2.17. The molecule has 1 atom stereocenters. The summed E-state index contributed by atoms with van der Waals surface area (Å²) in [5.41, 5.74) is 0. The summed E-state index contributed by atoms with van der Waals surface area (Å²) in [7, 11) is 1.67. The van der Waals surface area contributed by atoms with Crippen molar-refractivity contribution in [1.29, 1.82) is 0 Å². The zero-order chi connectivity index (χ0) is 9.14. The average Bonchev–Trinajstić information content (AvgIpc) is 2.53. The molecular weight excluding hydrogens is 196 g/mol. The molecule has 3 nitrogen and oxygen atoms in total. The van der Waals surface area contributed by atoms with Gasteiger partial charge in [0.1, 0.15) is 5.38 Å². The van der Waals surface area contributed by atoms with Crippen molar-refractivity contribution in [2.45, 2.75) is 12.3 Å². The van der Waals surface area contributed by atoms with Crippen LogP contribution in [0, 0.1) is 0 Å². The molecule has 66 valence electrons. The average molecular weight is 205 g/mol. The molecule has 0 fully saturated rings. The van der Waals surface area contributed by atoms with Crippen molar-refractivity contribution in [3.8, 4) is 0 Å². The topological polar surface area (TPSA) is 33.2 Å². The standard InChI is InChI=1S/C7H9ClN2OS/c1-5(8)6(11)10(2)7-9-3-4-12-7/h3-5H,1-2H3. The normalized spacial score (nSPS) is 12.6. The molecule has 0 bridgehead atoms. The lowest BCUT2D eigenvalue weighted by Crippen LogP contribution is -2.31. The van der Waals surface area contributed by atoms with Gasteiger partial charge in [0, 0.05) is 18.6 Å². The first kappa shape index (κ1) is 9.48. The number of amides is 1. The Balaban J connectivity index is 2.72. The lowest BCUT2D eigenvalue weighted by atomic mass is 10.4. The summed E-state index contributed by atoms with van der Waals surface area (Å²) >= 11 is 7.04. The van der Waals surface area contributed by atoms with Crippen LogP contribution in [0.1, 0.15) is 6.92 Å². The third-order valence-electron chi connectivity index (χ3n) is 1.38. The Morgan fingerprint density at radius 2 is 2.50 bits per heavy atom. The maximum atomic E-state index is 11.3. The van der Waals surface area contributed by atoms with Crippen LogP contribution >= 0.6 is 22.9 Å². The number of halogens is 1. The van der Waals surface area contributed by atoms with Crippen molar-refractivity contribution in [2.24, 2.45) is 0 Å². The zero-order valence-electron chi connectivity index (χ0n) is 6.82. The van der Waals surface area contributed by atoms with E-state index in [-0.39, 0.29) is 5.91 Å². The molecule has 12 heavy (non-hydrogen) atoms. The minimum Gasteiger partial charge on any atom is -0.290 e. The molecule has 0 aliphatic heterocycles. The van der Waals surface area contributed by atoms with E-state index >= 15 is 0 Å². The van der Waals surface area contributed by atoms with E-state index < -0.39 is 5.38 Å². The van der Waals surface area contributed by atoms with E-state index in [1.807, 2.05) is 5.38 Å². The largest absolute Gasteiger partial charge is 0.290 e. The molecule has 0 N–H and O–H groups in total. The number of anilines is 1. The maximum absolute atomic E-state index is 11.3. The number of rotatable bonds is 2. The van der Waals surface area contributed by atoms with E-state index in [1.54, 1.807) is 20.2 Å². The van der Waals surface area contributed by atoms with Gasteiger partial charge in [-0.1, -0.05) is 0 Å². The molecule has 0 radical (unpaired) electrons. The van der Waals surface area contributed by atoms with Crippen LogP contribution in [-0.2, 0) is 4.79 Å². The van der Waals surface area contributed by atoms with Crippen LogP contribution in [0.25, 0.3) is 0 Å². The number of alkyl halides is 1. The van der Waals surface area contributed by atoms with Gasteiger partial charge in [-0.2, -0.15) is 0 Å². The van der Waals surface area contributed by atoms with Crippen LogP contribution in [0.4, 0.5) is 5.13 Å². The molecule has 0 aliphatic carbocycles. The van der Waals surface area contributed by atoms with Crippen LogP contribution < -0.4 is 4.90 Å². The lowest BCUT2D eigenvalue weighted by molar-refractivity contribution is -0.117. The van der Waals surface area contributed by atoms with Gasteiger partial charge in [-0.3, -0.25) is 9.69 Å². The fraction of sp³-hybridized carbons (Fsp3) is 0.429. The first-order chi connectivity index (χ1) is 5.63. The van der Waals surface area contributed by atoms with Gasteiger partial charge in [-0.15, -0.1) is 22.9 Å². The van der Waals surface area contributed by atoms with Gasteiger partial charge >= 0.3 is 0 Å². The Bertz CT molecular complexity index is 260. The minimum atomic E-state index is -0.501. The lowest BCUT2D eigenvalue weighted by Gasteiger charge is -2.14. The quantitative estimate of drug-likeness (QED) is 0.688. The summed E-state index contributed by atoms with van der Waals surface area (Å²) in [6.07, 6.45) is 1.66. The Labute approximate surface area is 80.0 Å². The van der Waals surface area contributed by atoms with E-state index in [0.717, 1.165) is 0 Å². The van der Waals surface area contributed by atoms with Crippen molar-refractivity contribution in [1.82, 2.24) is 4.98 Å². The molecule has 1 amide bonds. The molecule has 0 spiro atoms. The predicted molar refractivity (Wildman–Crippen MR) is 50.8 cm³/mol. The molecular formula is C7H9ClN2OS. The number of carbonyl (C=O) groups is 1. The molecule has 1 unspecified atom stereocenters. The SMILES string of the molecule is CC(Cl)C(=O)N(C)c1nccs1. The van der Waals surface area contributed by atoms with Crippen molar-refractivity contribution in [3.05, 3.63) is 11.6 Å². The molecule has 1 aromatic heterocycles. The van der Waals surface area contributed by atoms with Crippen LogP contribution in [0.3, 0.4) is 0 Å². The molecule has 1 heterocycles. The Kier molecular flexibility index (Phi) is 3.05. The van der Waals surface area contributed by atoms with Crippen LogP contribution in [0.15, 0.2) is 11.6 Å². The monoisotopic (exact) mass is 204 g/mol. The smallest absolute Gasteiger partial charge is 0.246 e. The number of carbonyl (C=O) groups excluding carboxylic acids is 1. The highest BCUT2D eigenvalue weighted by Gasteiger charge is 2.17.